The van der Waals surface area contributed by atoms with Crippen LogP contribution in [0.1, 0.15) is 62.1 Å². The van der Waals surface area contributed by atoms with E-state index in [1.807, 2.05) is 18.2 Å². The average molecular weight is 647 g/mol. The van der Waals surface area contributed by atoms with Crippen LogP contribution in [0.15, 0.2) is 36.4 Å². The second kappa shape index (κ2) is 12.5. The summed E-state index contributed by atoms with van der Waals surface area (Å²) in [4.78, 5) is 11.9. The molecule has 0 saturated carbocycles. The van der Waals surface area contributed by atoms with Crippen LogP contribution in [0, 0.1) is 3.57 Å². The smallest absolute Gasteiger partial charge is 0.337 e. The molecule has 1 fully saturated rings. The Labute approximate surface area is 234 Å². The highest BCUT2D eigenvalue weighted by atomic mass is 127. The van der Waals surface area contributed by atoms with E-state index in [-0.39, 0.29) is 11.3 Å². The molecule has 1 saturated heterocycles. The topological polar surface area (TPSA) is 63.2 Å². The van der Waals surface area contributed by atoms with Gasteiger partial charge in [0.25, 0.3) is 0 Å². The molecule has 1 aliphatic rings. The minimum Gasteiger partial charge on any atom is -0.482 e. The van der Waals surface area contributed by atoms with Crippen molar-refractivity contribution in [1.29, 1.82) is 0 Å². The standard InChI is InChI=1S/C27H36ClIO6Si/c1-27(2,3)36(5,6)33-17-24(35-23-13-10-18(15-22(23)29)26(30)31-4)20-12-11-19(16-21(20)28)34-25-9-7-8-14-32-25/h10-13,15-16,24-25H,7-9,14,17H2,1-6H3. The van der Waals surface area contributed by atoms with Crippen LogP contribution in [0.2, 0.25) is 23.2 Å². The van der Waals surface area contributed by atoms with Crippen molar-refractivity contribution in [2.24, 2.45) is 0 Å². The Kier molecular flexibility index (Phi) is 10.1. The van der Waals surface area contributed by atoms with Gasteiger partial charge in [-0.25, -0.2) is 4.79 Å². The van der Waals surface area contributed by atoms with Crippen molar-refractivity contribution >= 4 is 48.5 Å². The zero-order valence-electron chi connectivity index (χ0n) is 21.9. The van der Waals surface area contributed by atoms with E-state index in [2.05, 4.69) is 56.5 Å². The largest absolute Gasteiger partial charge is 0.482 e. The molecular formula is C27H36ClIO6Si. The molecule has 6 nitrogen and oxygen atoms in total. The quantitative estimate of drug-likeness (QED) is 0.158. The highest BCUT2D eigenvalue weighted by Gasteiger charge is 2.38. The molecule has 36 heavy (non-hydrogen) atoms. The fraction of sp³-hybridized carbons (Fsp3) is 0.519. The summed E-state index contributed by atoms with van der Waals surface area (Å²) in [6.07, 6.45) is 2.32. The third-order valence-electron chi connectivity index (χ3n) is 6.75. The van der Waals surface area contributed by atoms with Gasteiger partial charge in [-0.2, -0.15) is 0 Å². The second-order valence-corrected chi connectivity index (χ2v) is 16.8. The van der Waals surface area contributed by atoms with E-state index in [1.54, 1.807) is 18.2 Å². The SMILES string of the molecule is COC(=O)c1ccc(OC(CO[Si](C)(C)C(C)(C)C)c2ccc(OC3CCCCO3)cc2Cl)c(I)c1. The van der Waals surface area contributed by atoms with E-state index in [0.29, 0.717) is 35.3 Å². The molecule has 1 heterocycles. The molecule has 2 aromatic carbocycles. The summed E-state index contributed by atoms with van der Waals surface area (Å²) in [6.45, 7) is 12.1. The Morgan fingerprint density at radius 1 is 1.19 bits per heavy atom. The normalized spacial score (nSPS) is 17.4. The van der Waals surface area contributed by atoms with Gasteiger partial charge in [0, 0.05) is 12.0 Å². The molecule has 0 radical (unpaired) electrons. The van der Waals surface area contributed by atoms with E-state index >= 15 is 0 Å². The van der Waals surface area contributed by atoms with Crippen molar-refractivity contribution in [3.8, 4) is 11.5 Å². The molecule has 0 aliphatic carbocycles. The fourth-order valence-electron chi connectivity index (χ4n) is 3.48. The maximum atomic E-state index is 11.9. The first-order valence-corrected chi connectivity index (χ1v) is 16.5. The van der Waals surface area contributed by atoms with Gasteiger partial charge in [-0.1, -0.05) is 38.4 Å². The zero-order valence-corrected chi connectivity index (χ0v) is 25.8. The van der Waals surface area contributed by atoms with E-state index in [0.717, 1.165) is 28.4 Å². The number of esters is 1. The van der Waals surface area contributed by atoms with Crippen molar-refractivity contribution in [3.63, 3.8) is 0 Å². The Morgan fingerprint density at radius 2 is 1.94 bits per heavy atom. The minimum absolute atomic E-state index is 0.0512. The van der Waals surface area contributed by atoms with Gasteiger partial charge < -0.3 is 23.4 Å². The van der Waals surface area contributed by atoms with Gasteiger partial charge in [-0.3, -0.25) is 0 Å². The molecule has 0 N–H and O–H groups in total. The molecular weight excluding hydrogens is 611 g/mol. The number of benzene rings is 2. The summed E-state index contributed by atoms with van der Waals surface area (Å²) in [7, 11) is -0.681. The Balaban J connectivity index is 1.86. The van der Waals surface area contributed by atoms with Crippen molar-refractivity contribution in [2.45, 2.75) is 70.6 Å². The minimum atomic E-state index is -2.05. The van der Waals surface area contributed by atoms with E-state index < -0.39 is 20.4 Å². The van der Waals surface area contributed by atoms with Crippen molar-refractivity contribution in [2.75, 3.05) is 20.3 Å². The molecule has 1 aliphatic heterocycles. The lowest BCUT2D eigenvalue weighted by Crippen LogP contribution is -2.42. The lowest BCUT2D eigenvalue weighted by atomic mass is 10.1. The Morgan fingerprint density at radius 3 is 2.53 bits per heavy atom. The first-order valence-electron chi connectivity index (χ1n) is 12.2. The summed E-state index contributed by atoms with van der Waals surface area (Å²) < 4.78 is 30.3. The number of hydrogen-bond donors (Lipinski definition) is 0. The Bertz CT molecular complexity index is 1050. The van der Waals surface area contributed by atoms with Gasteiger partial charge in [0.2, 0.25) is 0 Å². The molecule has 198 valence electrons. The van der Waals surface area contributed by atoms with Crippen LogP contribution >= 0.6 is 34.2 Å². The first kappa shape index (κ1) is 29.2. The molecule has 0 amide bonds. The number of carbonyl (C=O) groups is 1. The van der Waals surface area contributed by atoms with Crippen LogP contribution in [0.25, 0.3) is 0 Å². The van der Waals surface area contributed by atoms with Gasteiger partial charge in [0.05, 0.1) is 34.5 Å². The summed E-state index contributed by atoms with van der Waals surface area (Å²) in [5.74, 6) is 0.911. The fourth-order valence-corrected chi connectivity index (χ4v) is 5.42. The number of methoxy groups -OCH3 is 1. The third-order valence-corrected chi connectivity index (χ3v) is 12.4. The molecule has 2 atom stereocenters. The average Bonchev–Trinajstić information content (AvgIpc) is 2.82. The lowest BCUT2D eigenvalue weighted by molar-refractivity contribution is -0.105. The first-order chi connectivity index (χ1) is 16.9. The van der Waals surface area contributed by atoms with E-state index in [9.17, 15) is 4.79 Å². The highest BCUT2D eigenvalue weighted by Crippen LogP contribution is 2.39. The zero-order chi connectivity index (χ0) is 26.5. The summed E-state index contributed by atoms with van der Waals surface area (Å²) >= 11 is 8.92. The van der Waals surface area contributed by atoms with Crippen molar-refractivity contribution in [1.82, 2.24) is 0 Å². The van der Waals surface area contributed by atoms with Crippen LogP contribution in [0.4, 0.5) is 0 Å². The maximum absolute atomic E-state index is 11.9. The number of halogens is 2. The number of ether oxygens (including phenoxy) is 4. The number of hydrogen-bond acceptors (Lipinski definition) is 6. The summed E-state index contributed by atoms with van der Waals surface area (Å²) in [5, 5.41) is 0.587. The molecule has 0 spiro atoms. The highest BCUT2D eigenvalue weighted by molar-refractivity contribution is 14.1. The van der Waals surface area contributed by atoms with E-state index in [4.69, 9.17) is 35.0 Å². The monoisotopic (exact) mass is 646 g/mol. The van der Waals surface area contributed by atoms with Gasteiger partial charge in [-0.15, -0.1) is 0 Å². The molecule has 2 aromatic rings. The number of rotatable bonds is 9. The molecule has 9 heteroatoms. The van der Waals surface area contributed by atoms with Gasteiger partial charge in [0.15, 0.2) is 14.6 Å². The summed E-state index contributed by atoms with van der Waals surface area (Å²) in [6, 6.07) is 10.8. The van der Waals surface area contributed by atoms with Crippen LogP contribution in [0.3, 0.4) is 0 Å². The van der Waals surface area contributed by atoms with Gasteiger partial charge in [-0.05, 0) is 83.9 Å². The molecule has 2 unspecified atom stereocenters. The van der Waals surface area contributed by atoms with Gasteiger partial charge >= 0.3 is 5.97 Å². The van der Waals surface area contributed by atoms with Crippen LogP contribution in [-0.4, -0.2) is 40.9 Å². The molecule has 0 aromatic heterocycles. The van der Waals surface area contributed by atoms with Gasteiger partial charge in [0.1, 0.15) is 17.6 Å². The van der Waals surface area contributed by atoms with Crippen molar-refractivity contribution in [3.05, 3.63) is 56.1 Å². The third kappa shape index (κ3) is 7.60. The maximum Gasteiger partial charge on any atom is 0.337 e. The predicted molar refractivity (Wildman–Crippen MR) is 153 cm³/mol. The lowest BCUT2D eigenvalue weighted by Gasteiger charge is -2.37. The van der Waals surface area contributed by atoms with Crippen molar-refractivity contribution < 1.29 is 28.2 Å². The number of carbonyl (C=O) groups excluding carboxylic acids is 1. The summed E-state index contributed by atoms with van der Waals surface area (Å²) in [5.41, 5.74) is 1.27. The van der Waals surface area contributed by atoms with Crippen LogP contribution in [0.5, 0.6) is 11.5 Å². The molecule has 3 rings (SSSR count). The Hall–Kier alpha value is -1.33. The van der Waals surface area contributed by atoms with Crippen LogP contribution < -0.4 is 9.47 Å². The molecule has 0 bridgehead atoms. The van der Waals surface area contributed by atoms with Crippen LogP contribution in [-0.2, 0) is 13.9 Å². The van der Waals surface area contributed by atoms with E-state index in [1.165, 1.54) is 7.11 Å². The predicted octanol–water partition coefficient (Wildman–Crippen LogP) is 7.78. The second-order valence-electron chi connectivity index (χ2n) is 10.4.